The average Bonchev–Trinajstić information content (AvgIpc) is 3.10. The van der Waals surface area contributed by atoms with Crippen LogP contribution in [0.2, 0.25) is 10.0 Å². The molecule has 0 aliphatic heterocycles. The Hall–Kier alpha value is -1.49. The number of rotatable bonds is 4. The van der Waals surface area contributed by atoms with E-state index in [1.807, 2.05) is 23.6 Å². The molecule has 3 aromatic rings. The highest BCUT2D eigenvalue weighted by Gasteiger charge is 2.09. The van der Waals surface area contributed by atoms with Crippen LogP contribution in [0.5, 0.6) is 0 Å². The second-order valence-corrected chi connectivity index (χ2v) is 5.80. The zero-order valence-corrected chi connectivity index (χ0v) is 12.6. The molecule has 3 nitrogen and oxygen atoms in total. The van der Waals surface area contributed by atoms with Crippen LogP contribution in [0, 0.1) is 0 Å². The van der Waals surface area contributed by atoms with Gasteiger partial charge in [0.05, 0.1) is 23.5 Å². The lowest BCUT2D eigenvalue weighted by atomic mass is 10.2. The summed E-state index contributed by atoms with van der Waals surface area (Å²) >= 11 is 13.7. The second-order valence-electron chi connectivity index (χ2n) is 4.09. The van der Waals surface area contributed by atoms with E-state index in [-0.39, 0.29) is 0 Å². The average molecular weight is 325 g/mol. The van der Waals surface area contributed by atoms with Gasteiger partial charge in [0.25, 0.3) is 0 Å². The lowest BCUT2D eigenvalue weighted by molar-refractivity contribution is 0.518. The number of halogens is 2. The maximum absolute atomic E-state index is 6.17. The van der Waals surface area contributed by atoms with E-state index in [9.17, 15) is 0 Å². The number of aromatic nitrogens is 1. The summed E-state index contributed by atoms with van der Waals surface area (Å²) in [5, 5.41) is 7.25. The van der Waals surface area contributed by atoms with E-state index in [0.29, 0.717) is 16.6 Å². The number of thiazole rings is 1. The van der Waals surface area contributed by atoms with Gasteiger partial charge in [-0.2, -0.15) is 0 Å². The molecular formula is C14H10Cl2N2OS. The first kappa shape index (κ1) is 13.5. The van der Waals surface area contributed by atoms with Crippen LogP contribution in [0.1, 0.15) is 5.76 Å². The predicted octanol–water partition coefficient (Wildman–Crippen LogP) is 5.32. The number of hydrogen-bond acceptors (Lipinski definition) is 4. The molecule has 0 bridgehead atoms. The Labute approximate surface area is 130 Å². The molecule has 0 saturated heterocycles. The smallest absolute Gasteiger partial charge is 0.183 e. The van der Waals surface area contributed by atoms with Crippen LogP contribution in [0.15, 0.2) is 46.4 Å². The number of nitrogens with one attached hydrogen (secondary N) is 1. The summed E-state index contributed by atoms with van der Waals surface area (Å²) in [6.07, 6.45) is 1.65. The number of furan rings is 1. The molecule has 1 aromatic carbocycles. The molecule has 0 spiro atoms. The van der Waals surface area contributed by atoms with Crippen LogP contribution in [-0.4, -0.2) is 4.98 Å². The molecule has 0 aliphatic rings. The van der Waals surface area contributed by atoms with Crippen molar-refractivity contribution >= 4 is 39.7 Å². The Morgan fingerprint density at radius 3 is 2.95 bits per heavy atom. The van der Waals surface area contributed by atoms with Crippen molar-refractivity contribution in [2.45, 2.75) is 6.54 Å². The maximum atomic E-state index is 6.17. The predicted molar refractivity (Wildman–Crippen MR) is 83.6 cm³/mol. The van der Waals surface area contributed by atoms with E-state index >= 15 is 0 Å². The molecular weight excluding hydrogens is 315 g/mol. The summed E-state index contributed by atoms with van der Waals surface area (Å²) in [7, 11) is 0. The van der Waals surface area contributed by atoms with Crippen LogP contribution in [-0.2, 0) is 6.54 Å². The van der Waals surface area contributed by atoms with Gasteiger partial charge in [0.15, 0.2) is 5.13 Å². The van der Waals surface area contributed by atoms with Crippen LogP contribution in [0.25, 0.3) is 11.3 Å². The third-order valence-corrected chi connectivity index (χ3v) is 4.07. The quantitative estimate of drug-likeness (QED) is 0.705. The molecule has 2 heterocycles. The maximum Gasteiger partial charge on any atom is 0.183 e. The van der Waals surface area contributed by atoms with Crippen LogP contribution < -0.4 is 5.32 Å². The van der Waals surface area contributed by atoms with E-state index in [0.717, 1.165) is 22.1 Å². The zero-order chi connectivity index (χ0) is 13.9. The molecule has 0 aliphatic carbocycles. The lowest BCUT2D eigenvalue weighted by Crippen LogP contribution is -1.97. The number of benzene rings is 1. The van der Waals surface area contributed by atoms with E-state index in [1.165, 1.54) is 11.3 Å². The van der Waals surface area contributed by atoms with Gasteiger partial charge in [-0.3, -0.25) is 0 Å². The van der Waals surface area contributed by atoms with Crippen LogP contribution >= 0.6 is 34.5 Å². The zero-order valence-electron chi connectivity index (χ0n) is 10.3. The van der Waals surface area contributed by atoms with E-state index in [1.54, 1.807) is 18.4 Å². The summed E-state index contributed by atoms with van der Waals surface area (Å²) < 4.78 is 5.26. The normalized spacial score (nSPS) is 10.7. The number of nitrogens with zero attached hydrogens (tertiary/aromatic N) is 1. The topological polar surface area (TPSA) is 38.1 Å². The first-order valence-electron chi connectivity index (χ1n) is 5.89. The van der Waals surface area contributed by atoms with E-state index < -0.39 is 0 Å². The van der Waals surface area contributed by atoms with E-state index in [2.05, 4.69) is 10.3 Å². The van der Waals surface area contributed by atoms with Gasteiger partial charge in [0.1, 0.15) is 5.76 Å². The van der Waals surface area contributed by atoms with Gasteiger partial charge in [-0.25, -0.2) is 4.98 Å². The fourth-order valence-electron chi connectivity index (χ4n) is 1.75. The fraction of sp³-hybridized carbons (Fsp3) is 0.0714. The van der Waals surface area contributed by atoms with Crippen molar-refractivity contribution in [1.82, 2.24) is 4.98 Å². The fourth-order valence-corrected chi connectivity index (χ4v) is 2.84. The van der Waals surface area contributed by atoms with Crippen molar-refractivity contribution in [2.24, 2.45) is 0 Å². The third kappa shape index (κ3) is 2.98. The van der Waals surface area contributed by atoms with Crippen LogP contribution in [0.4, 0.5) is 5.13 Å². The van der Waals surface area contributed by atoms with Gasteiger partial charge >= 0.3 is 0 Å². The molecule has 20 heavy (non-hydrogen) atoms. The van der Waals surface area contributed by atoms with Gasteiger partial charge in [-0.15, -0.1) is 11.3 Å². The van der Waals surface area contributed by atoms with Crippen molar-refractivity contribution in [3.8, 4) is 11.3 Å². The summed E-state index contributed by atoms with van der Waals surface area (Å²) in [6, 6.07) is 9.12. The van der Waals surface area contributed by atoms with Crippen molar-refractivity contribution in [1.29, 1.82) is 0 Å². The Kier molecular flexibility index (Phi) is 3.96. The van der Waals surface area contributed by atoms with Gasteiger partial charge in [-0.05, 0) is 30.3 Å². The lowest BCUT2D eigenvalue weighted by Gasteiger charge is -2.01. The van der Waals surface area contributed by atoms with Gasteiger partial charge in [-0.1, -0.05) is 23.2 Å². The SMILES string of the molecule is Clc1ccc(Cl)c(-c2csc(NCc3ccco3)n2)c1. The highest BCUT2D eigenvalue weighted by Crippen LogP contribution is 2.32. The number of anilines is 1. The molecule has 6 heteroatoms. The summed E-state index contributed by atoms with van der Waals surface area (Å²) in [6.45, 7) is 0.600. The highest BCUT2D eigenvalue weighted by molar-refractivity contribution is 7.14. The van der Waals surface area contributed by atoms with Crippen LogP contribution in [0.3, 0.4) is 0 Å². The standard InChI is InChI=1S/C14H10Cl2N2OS/c15-9-3-4-12(16)11(6-9)13-8-20-14(18-13)17-7-10-2-1-5-19-10/h1-6,8H,7H2,(H,17,18). The van der Waals surface area contributed by atoms with Gasteiger partial charge < -0.3 is 9.73 Å². The van der Waals surface area contributed by atoms with Crippen molar-refractivity contribution in [3.05, 3.63) is 57.8 Å². The Balaban J connectivity index is 1.77. The Morgan fingerprint density at radius 2 is 2.15 bits per heavy atom. The summed E-state index contributed by atoms with van der Waals surface area (Å²) in [5.41, 5.74) is 1.64. The molecule has 2 aromatic heterocycles. The molecule has 0 saturated carbocycles. The second kappa shape index (κ2) is 5.87. The molecule has 0 fully saturated rings. The minimum atomic E-state index is 0.600. The first-order chi connectivity index (χ1) is 9.72. The highest BCUT2D eigenvalue weighted by atomic mass is 35.5. The molecule has 0 unspecified atom stereocenters. The molecule has 1 N–H and O–H groups in total. The minimum absolute atomic E-state index is 0.600. The van der Waals surface area contributed by atoms with Crippen molar-refractivity contribution in [2.75, 3.05) is 5.32 Å². The molecule has 102 valence electrons. The molecule has 0 amide bonds. The number of hydrogen-bond donors (Lipinski definition) is 1. The largest absolute Gasteiger partial charge is 0.467 e. The molecule has 0 radical (unpaired) electrons. The minimum Gasteiger partial charge on any atom is -0.467 e. The Morgan fingerprint density at radius 1 is 1.25 bits per heavy atom. The third-order valence-electron chi connectivity index (χ3n) is 2.70. The molecule has 0 atom stereocenters. The van der Waals surface area contributed by atoms with Crippen molar-refractivity contribution in [3.63, 3.8) is 0 Å². The first-order valence-corrected chi connectivity index (χ1v) is 7.53. The van der Waals surface area contributed by atoms with Crippen molar-refractivity contribution < 1.29 is 4.42 Å². The van der Waals surface area contributed by atoms with Gasteiger partial charge in [0, 0.05) is 16.0 Å². The Bertz CT molecular complexity index is 710. The van der Waals surface area contributed by atoms with E-state index in [4.69, 9.17) is 27.6 Å². The summed E-state index contributed by atoms with van der Waals surface area (Å²) in [4.78, 5) is 4.50. The molecule has 3 rings (SSSR count). The summed E-state index contributed by atoms with van der Waals surface area (Å²) in [5.74, 6) is 0.863. The monoisotopic (exact) mass is 324 g/mol. The van der Waals surface area contributed by atoms with Gasteiger partial charge in [0.2, 0.25) is 0 Å².